The number of carbonyl (C=O) groups is 1. The molecular weight excluding hydrogens is 340 g/mol. The van der Waals surface area contributed by atoms with Crippen LogP contribution < -0.4 is 10.2 Å². The quantitative estimate of drug-likeness (QED) is 0.647. The van der Waals surface area contributed by atoms with Crippen LogP contribution in [0.4, 0.5) is 5.69 Å². The number of imidazole rings is 1. The van der Waals surface area contributed by atoms with Crippen LogP contribution in [0.15, 0.2) is 42.5 Å². The maximum Gasteiger partial charge on any atom is 0.335 e. The van der Waals surface area contributed by atoms with Gasteiger partial charge in [-0.3, -0.25) is 0 Å². The van der Waals surface area contributed by atoms with Crippen molar-refractivity contribution < 1.29 is 9.90 Å². The Morgan fingerprint density at radius 1 is 1.19 bits per heavy atom. The van der Waals surface area contributed by atoms with E-state index >= 15 is 0 Å². The number of carboxylic acids is 1. The van der Waals surface area contributed by atoms with Gasteiger partial charge in [0.25, 0.3) is 0 Å². The molecule has 27 heavy (non-hydrogen) atoms. The monoisotopic (exact) mass is 364 g/mol. The second-order valence-corrected chi connectivity index (χ2v) is 7.13. The molecule has 0 saturated carbocycles. The molecule has 1 saturated heterocycles. The van der Waals surface area contributed by atoms with Gasteiger partial charge in [-0.2, -0.15) is 0 Å². The predicted octanol–water partition coefficient (Wildman–Crippen LogP) is 3.33. The van der Waals surface area contributed by atoms with Gasteiger partial charge in [-0.15, -0.1) is 0 Å². The average Bonchev–Trinajstić information content (AvgIpc) is 3.06. The summed E-state index contributed by atoms with van der Waals surface area (Å²) >= 11 is 0. The number of carboxylic acid groups (broad SMARTS) is 1. The van der Waals surface area contributed by atoms with Crippen LogP contribution in [0.3, 0.4) is 0 Å². The molecule has 140 valence electrons. The van der Waals surface area contributed by atoms with Crippen molar-refractivity contribution in [2.45, 2.75) is 32.4 Å². The molecule has 6 heteroatoms. The van der Waals surface area contributed by atoms with Gasteiger partial charge < -0.3 is 20.3 Å². The largest absolute Gasteiger partial charge is 0.478 e. The Labute approximate surface area is 158 Å². The summed E-state index contributed by atoms with van der Waals surface area (Å²) in [4.78, 5) is 21.4. The summed E-state index contributed by atoms with van der Waals surface area (Å²) in [7, 11) is 0. The third-order valence-corrected chi connectivity index (χ3v) is 5.22. The Balaban J connectivity index is 1.65. The number of nitrogens with one attached hydrogen (secondary N) is 2. The number of hydrogen-bond donors (Lipinski definition) is 3. The van der Waals surface area contributed by atoms with Gasteiger partial charge in [0.15, 0.2) is 0 Å². The number of aromatic carboxylic acids is 1. The van der Waals surface area contributed by atoms with Crippen LogP contribution in [0.1, 0.15) is 34.6 Å². The van der Waals surface area contributed by atoms with Crippen LogP contribution in [0.25, 0.3) is 11.0 Å². The third-order valence-electron chi connectivity index (χ3n) is 5.22. The third kappa shape index (κ3) is 3.80. The second-order valence-electron chi connectivity index (χ2n) is 7.13. The van der Waals surface area contributed by atoms with E-state index in [0.29, 0.717) is 11.6 Å². The highest BCUT2D eigenvalue weighted by atomic mass is 16.4. The van der Waals surface area contributed by atoms with E-state index in [1.807, 2.05) is 19.1 Å². The molecule has 1 aliphatic rings. The molecule has 0 atom stereocenters. The van der Waals surface area contributed by atoms with Gasteiger partial charge in [0.05, 0.1) is 16.6 Å². The summed E-state index contributed by atoms with van der Waals surface area (Å²) in [5, 5.41) is 12.5. The van der Waals surface area contributed by atoms with Crippen LogP contribution in [0.5, 0.6) is 0 Å². The zero-order valence-electron chi connectivity index (χ0n) is 15.4. The van der Waals surface area contributed by atoms with Gasteiger partial charge in [-0.25, -0.2) is 9.78 Å². The fourth-order valence-corrected chi connectivity index (χ4v) is 3.80. The molecule has 1 fully saturated rings. The normalized spacial score (nSPS) is 15.1. The van der Waals surface area contributed by atoms with E-state index in [9.17, 15) is 4.79 Å². The minimum absolute atomic E-state index is 0.321. The average molecular weight is 364 g/mol. The lowest BCUT2D eigenvalue weighted by Gasteiger charge is -2.36. The molecule has 3 N–H and O–H groups in total. The zero-order valence-corrected chi connectivity index (χ0v) is 15.4. The van der Waals surface area contributed by atoms with Crippen LogP contribution in [0.2, 0.25) is 0 Å². The first-order chi connectivity index (χ1) is 13.1. The molecule has 1 aromatic heterocycles. The van der Waals surface area contributed by atoms with Gasteiger partial charge in [-0.05, 0) is 68.8 Å². The van der Waals surface area contributed by atoms with Crippen molar-refractivity contribution in [2.75, 3.05) is 18.0 Å². The SMILES string of the molecule is Cc1nc2ccc(N(Cc3ccc(C(=O)O)cc3)C3CCNCC3)cc2[nH]1. The smallest absolute Gasteiger partial charge is 0.335 e. The van der Waals surface area contributed by atoms with E-state index in [2.05, 4.69) is 38.4 Å². The molecular formula is C21H24N4O2. The zero-order chi connectivity index (χ0) is 18.8. The molecule has 2 heterocycles. The standard InChI is InChI=1S/C21H24N4O2/c1-14-23-19-7-6-18(12-20(19)24-14)25(17-8-10-22-11-9-17)13-15-2-4-16(5-3-15)21(26)27/h2-7,12,17,22H,8-11,13H2,1H3,(H,23,24)(H,26,27). The predicted molar refractivity (Wildman–Crippen MR) is 106 cm³/mol. The van der Waals surface area contributed by atoms with Crippen molar-refractivity contribution >= 4 is 22.7 Å². The summed E-state index contributed by atoms with van der Waals surface area (Å²) in [6, 6.07) is 14.0. The number of hydrogen-bond acceptors (Lipinski definition) is 4. The van der Waals surface area contributed by atoms with Gasteiger partial charge in [0.1, 0.15) is 5.82 Å². The Morgan fingerprint density at radius 2 is 1.93 bits per heavy atom. The van der Waals surface area contributed by atoms with E-state index in [4.69, 9.17) is 5.11 Å². The molecule has 4 rings (SSSR count). The van der Waals surface area contributed by atoms with Crippen molar-refractivity contribution in [3.8, 4) is 0 Å². The number of nitrogens with zero attached hydrogens (tertiary/aromatic N) is 2. The summed E-state index contributed by atoms with van der Waals surface area (Å²) in [6.45, 7) is 4.76. The molecule has 3 aromatic rings. The van der Waals surface area contributed by atoms with Crippen LogP contribution in [-0.2, 0) is 6.54 Å². The van der Waals surface area contributed by atoms with E-state index in [1.165, 1.54) is 5.69 Å². The van der Waals surface area contributed by atoms with Gasteiger partial charge >= 0.3 is 5.97 Å². The number of aromatic amines is 1. The van der Waals surface area contributed by atoms with Crippen molar-refractivity contribution in [2.24, 2.45) is 0 Å². The van der Waals surface area contributed by atoms with E-state index < -0.39 is 5.97 Å². The maximum absolute atomic E-state index is 11.1. The molecule has 0 spiro atoms. The lowest BCUT2D eigenvalue weighted by molar-refractivity contribution is 0.0697. The first-order valence-electron chi connectivity index (χ1n) is 9.36. The number of H-pyrrole nitrogens is 1. The van der Waals surface area contributed by atoms with E-state index in [0.717, 1.165) is 54.9 Å². The minimum atomic E-state index is -0.892. The molecule has 0 amide bonds. The highest BCUT2D eigenvalue weighted by Gasteiger charge is 2.22. The second kappa shape index (κ2) is 7.40. The Hall–Kier alpha value is -2.86. The highest BCUT2D eigenvalue weighted by molar-refractivity contribution is 5.87. The number of fused-ring (bicyclic) bond motifs is 1. The molecule has 1 aliphatic heterocycles. The minimum Gasteiger partial charge on any atom is -0.478 e. The summed E-state index contributed by atoms with van der Waals surface area (Å²) in [6.07, 6.45) is 2.18. The number of anilines is 1. The van der Waals surface area contributed by atoms with Crippen molar-refractivity contribution in [1.29, 1.82) is 0 Å². The van der Waals surface area contributed by atoms with E-state index in [1.54, 1.807) is 12.1 Å². The van der Waals surface area contributed by atoms with Gasteiger partial charge in [-0.1, -0.05) is 12.1 Å². The van der Waals surface area contributed by atoms with Crippen LogP contribution >= 0.6 is 0 Å². The molecule has 0 unspecified atom stereocenters. The van der Waals surface area contributed by atoms with Crippen LogP contribution in [-0.4, -0.2) is 40.2 Å². The fourth-order valence-electron chi connectivity index (χ4n) is 3.80. The van der Waals surface area contributed by atoms with Crippen molar-refractivity contribution in [1.82, 2.24) is 15.3 Å². The number of aryl methyl sites for hydroxylation is 1. The Bertz CT molecular complexity index is 942. The Kier molecular flexibility index (Phi) is 4.81. The number of piperidine rings is 1. The molecule has 2 aromatic carbocycles. The Morgan fingerprint density at radius 3 is 2.63 bits per heavy atom. The van der Waals surface area contributed by atoms with E-state index in [-0.39, 0.29) is 0 Å². The lowest BCUT2D eigenvalue weighted by atomic mass is 10.0. The fraction of sp³-hybridized carbons (Fsp3) is 0.333. The number of benzene rings is 2. The van der Waals surface area contributed by atoms with Gasteiger partial charge in [0.2, 0.25) is 0 Å². The summed E-state index contributed by atoms with van der Waals surface area (Å²) < 4.78 is 0. The molecule has 0 bridgehead atoms. The summed E-state index contributed by atoms with van der Waals surface area (Å²) in [5.74, 6) is 0.0247. The van der Waals surface area contributed by atoms with Gasteiger partial charge in [0, 0.05) is 18.3 Å². The molecule has 6 nitrogen and oxygen atoms in total. The number of rotatable bonds is 5. The molecule has 0 radical (unpaired) electrons. The highest BCUT2D eigenvalue weighted by Crippen LogP contribution is 2.27. The first-order valence-corrected chi connectivity index (χ1v) is 9.36. The van der Waals surface area contributed by atoms with Crippen LogP contribution in [0, 0.1) is 6.92 Å². The first kappa shape index (κ1) is 17.5. The number of aromatic nitrogens is 2. The summed E-state index contributed by atoms with van der Waals surface area (Å²) in [5.41, 5.74) is 4.62. The molecule has 0 aliphatic carbocycles. The van der Waals surface area contributed by atoms with Crippen molar-refractivity contribution in [3.63, 3.8) is 0 Å². The topological polar surface area (TPSA) is 81.2 Å². The maximum atomic E-state index is 11.1. The lowest BCUT2D eigenvalue weighted by Crippen LogP contribution is -2.43. The van der Waals surface area contributed by atoms with Crippen molar-refractivity contribution in [3.05, 3.63) is 59.4 Å².